The van der Waals surface area contributed by atoms with Gasteiger partial charge in [-0.3, -0.25) is 0 Å². The van der Waals surface area contributed by atoms with E-state index in [4.69, 9.17) is 9.47 Å². The highest BCUT2D eigenvalue weighted by atomic mass is 16.5. The molecule has 0 aliphatic carbocycles. The van der Waals surface area contributed by atoms with Crippen LogP contribution in [-0.4, -0.2) is 39.0 Å². The Balaban J connectivity index is 1.85. The third-order valence-corrected chi connectivity index (χ3v) is 4.16. The number of hydrogen-bond acceptors (Lipinski definition) is 3. The fourth-order valence-corrected chi connectivity index (χ4v) is 3.08. The number of nitrogens with one attached hydrogen (secondary N) is 1. The zero-order valence-corrected chi connectivity index (χ0v) is 11.2. The zero-order chi connectivity index (χ0) is 12.0. The highest BCUT2D eigenvalue weighted by Crippen LogP contribution is 2.37. The van der Waals surface area contributed by atoms with Crippen LogP contribution in [-0.2, 0) is 9.47 Å². The normalized spacial score (nSPS) is 28.4. The smallest absolute Gasteiger partial charge is 0.0581 e. The Kier molecular flexibility index (Phi) is 5.26. The molecule has 0 amide bonds. The summed E-state index contributed by atoms with van der Waals surface area (Å²) in [6.45, 7) is 7.34. The van der Waals surface area contributed by atoms with E-state index in [0.29, 0.717) is 11.5 Å². The van der Waals surface area contributed by atoms with Crippen molar-refractivity contribution in [3.8, 4) is 0 Å². The average molecular weight is 241 g/mol. The lowest BCUT2D eigenvalue weighted by molar-refractivity contribution is -0.0189. The van der Waals surface area contributed by atoms with Crippen LogP contribution in [0.3, 0.4) is 0 Å². The molecule has 0 spiro atoms. The molecule has 0 saturated carbocycles. The van der Waals surface area contributed by atoms with Crippen molar-refractivity contribution in [3.05, 3.63) is 0 Å². The molecule has 0 aromatic carbocycles. The highest BCUT2D eigenvalue weighted by Gasteiger charge is 2.35. The molecule has 2 aliphatic heterocycles. The molecule has 2 saturated heterocycles. The van der Waals surface area contributed by atoms with Gasteiger partial charge in [-0.05, 0) is 50.5 Å². The van der Waals surface area contributed by atoms with Crippen molar-refractivity contribution in [2.45, 2.75) is 51.6 Å². The molecule has 0 aromatic rings. The Morgan fingerprint density at radius 2 is 2.06 bits per heavy atom. The van der Waals surface area contributed by atoms with Crippen molar-refractivity contribution in [1.82, 2.24) is 5.32 Å². The minimum absolute atomic E-state index is 0.433. The van der Waals surface area contributed by atoms with Crippen LogP contribution in [0.15, 0.2) is 0 Å². The van der Waals surface area contributed by atoms with Crippen molar-refractivity contribution in [3.63, 3.8) is 0 Å². The largest absolute Gasteiger partial charge is 0.381 e. The van der Waals surface area contributed by atoms with Crippen LogP contribution in [0.1, 0.15) is 45.4 Å². The van der Waals surface area contributed by atoms with Crippen molar-refractivity contribution in [2.75, 3.05) is 32.9 Å². The molecule has 0 radical (unpaired) electrons. The summed E-state index contributed by atoms with van der Waals surface area (Å²) in [6.07, 6.45) is 7.86. The van der Waals surface area contributed by atoms with Crippen molar-refractivity contribution >= 4 is 0 Å². The summed E-state index contributed by atoms with van der Waals surface area (Å²) >= 11 is 0. The van der Waals surface area contributed by atoms with Gasteiger partial charge in [-0.1, -0.05) is 6.92 Å². The summed E-state index contributed by atoms with van der Waals surface area (Å²) < 4.78 is 11.3. The topological polar surface area (TPSA) is 30.5 Å². The molecule has 100 valence electrons. The van der Waals surface area contributed by atoms with E-state index in [1.165, 1.54) is 38.5 Å². The predicted molar refractivity (Wildman–Crippen MR) is 69.2 cm³/mol. The maximum absolute atomic E-state index is 5.82. The Labute approximate surface area is 105 Å². The average Bonchev–Trinajstić information content (AvgIpc) is 2.83. The molecule has 0 bridgehead atoms. The van der Waals surface area contributed by atoms with E-state index in [0.717, 1.165) is 32.9 Å². The molecule has 1 atom stereocenters. The van der Waals surface area contributed by atoms with Crippen LogP contribution < -0.4 is 5.32 Å². The molecule has 3 heteroatoms. The first-order valence-corrected chi connectivity index (χ1v) is 7.25. The predicted octanol–water partition coefficient (Wildman–Crippen LogP) is 2.35. The van der Waals surface area contributed by atoms with E-state index in [1.54, 1.807) is 0 Å². The summed E-state index contributed by atoms with van der Waals surface area (Å²) in [5, 5.41) is 3.61. The van der Waals surface area contributed by atoms with Gasteiger partial charge < -0.3 is 14.8 Å². The Bertz CT molecular complexity index is 208. The quantitative estimate of drug-likeness (QED) is 0.724. The first-order chi connectivity index (χ1) is 8.35. The van der Waals surface area contributed by atoms with Gasteiger partial charge in [0.25, 0.3) is 0 Å². The van der Waals surface area contributed by atoms with Gasteiger partial charge in [-0.15, -0.1) is 0 Å². The van der Waals surface area contributed by atoms with Crippen LogP contribution in [0, 0.1) is 5.41 Å². The van der Waals surface area contributed by atoms with Crippen LogP contribution in [0.5, 0.6) is 0 Å². The van der Waals surface area contributed by atoms with Crippen LogP contribution in [0.25, 0.3) is 0 Å². The molecular weight excluding hydrogens is 214 g/mol. The molecule has 1 unspecified atom stereocenters. The maximum Gasteiger partial charge on any atom is 0.0581 e. The second-order valence-electron chi connectivity index (χ2n) is 5.63. The fourth-order valence-electron chi connectivity index (χ4n) is 3.08. The van der Waals surface area contributed by atoms with Crippen molar-refractivity contribution < 1.29 is 9.47 Å². The van der Waals surface area contributed by atoms with Crippen molar-refractivity contribution in [1.29, 1.82) is 0 Å². The van der Waals surface area contributed by atoms with Crippen LogP contribution in [0.2, 0.25) is 0 Å². The zero-order valence-electron chi connectivity index (χ0n) is 11.2. The summed E-state index contributed by atoms with van der Waals surface area (Å²) in [4.78, 5) is 0. The number of hydrogen-bond donors (Lipinski definition) is 1. The Morgan fingerprint density at radius 3 is 2.71 bits per heavy atom. The lowest BCUT2D eigenvalue weighted by atomic mass is 9.75. The minimum Gasteiger partial charge on any atom is -0.381 e. The summed E-state index contributed by atoms with van der Waals surface area (Å²) in [7, 11) is 0. The van der Waals surface area contributed by atoms with Gasteiger partial charge in [-0.25, -0.2) is 0 Å². The van der Waals surface area contributed by atoms with Crippen LogP contribution in [0.4, 0.5) is 0 Å². The first kappa shape index (κ1) is 13.3. The molecule has 17 heavy (non-hydrogen) atoms. The van der Waals surface area contributed by atoms with E-state index >= 15 is 0 Å². The lowest BCUT2D eigenvalue weighted by Gasteiger charge is -2.39. The van der Waals surface area contributed by atoms with Gasteiger partial charge in [0.1, 0.15) is 0 Å². The first-order valence-electron chi connectivity index (χ1n) is 7.25. The Morgan fingerprint density at radius 1 is 1.24 bits per heavy atom. The SMILES string of the molecule is CCCNCC1(CC2CCCO2)CCOCC1. The van der Waals surface area contributed by atoms with Crippen LogP contribution >= 0.6 is 0 Å². The summed E-state index contributed by atoms with van der Waals surface area (Å²) in [5.74, 6) is 0. The van der Waals surface area contributed by atoms with Gasteiger partial charge in [0.15, 0.2) is 0 Å². The molecule has 0 aromatic heterocycles. The minimum atomic E-state index is 0.433. The molecule has 2 heterocycles. The second kappa shape index (κ2) is 6.72. The van der Waals surface area contributed by atoms with Gasteiger partial charge in [0, 0.05) is 26.4 Å². The maximum atomic E-state index is 5.82. The van der Waals surface area contributed by atoms with Gasteiger partial charge in [-0.2, -0.15) is 0 Å². The van der Waals surface area contributed by atoms with E-state index in [9.17, 15) is 0 Å². The lowest BCUT2D eigenvalue weighted by Crippen LogP contribution is -2.41. The summed E-state index contributed by atoms with van der Waals surface area (Å²) in [6, 6.07) is 0. The highest BCUT2D eigenvalue weighted by molar-refractivity contribution is 4.87. The molecule has 3 nitrogen and oxygen atoms in total. The van der Waals surface area contributed by atoms with E-state index < -0.39 is 0 Å². The standard InChI is InChI=1S/C14H27NO2/c1-2-7-15-12-14(5-9-16-10-6-14)11-13-4-3-8-17-13/h13,15H,2-12H2,1H3. The van der Waals surface area contributed by atoms with Gasteiger partial charge >= 0.3 is 0 Å². The van der Waals surface area contributed by atoms with E-state index in [2.05, 4.69) is 12.2 Å². The van der Waals surface area contributed by atoms with Crippen molar-refractivity contribution in [2.24, 2.45) is 5.41 Å². The van der Waals surface area contributed by atoms with Gasteiger partial charge in [0.05, 0.1) is 6.10 Å². The molecule has 2 rings (SSSR count). The molecule has 2 fully saturated rings. The van der Waals surface area contributed by atoms with E-state index in [1.807, 2.05) is 0 Å². The Hall–Kier alpha value is -0.120. The molecule has 1 N–H and O–H groups in total. The van der Waals surface area contributed by atoms with Gasteiger partial charge in [0.2, 0.25) is 0 Å². The fraction of sp³-hybridized carbons (Fsp3) is 1.00. The molecular formula is C14H27NO2. The second-order valence-corrected chi connectivity index (χ2v) is 5.63. The summed E-state index contributed by atoms with van der Waals surface area (Å²) in [5.41, 5.74) is 0.433. The number of rotatable bonds is 6. The third-order valence-electron chi connectivity index (χ3n) is 4.16. The number of ether oxygens (including phenoxy) is 2. The molecule has 2 aliphatic rings. The van der Waals surface area contributed by atoms with E-state index in [-0.39, 0.29) is 0 Å². The monoisotopic (exact) mass is 241 g/mol. The third kappa shape index (κ3) is 3.94.